The summed E-state index contributed by atoms with van der Waals surface area (Å²) in [6.45, 7) is 2.40. The van der Waals surface area contributed by atoms with E-state index in [4.69, 9.17) is 11.6 Å². The van der Waals surface area contributed by atoms with Crippen molar-refractivity contribution < 1.29 is 13.2 Å². The van der Waals surface area contributed by atoms with E-state index in [1.807, 2.05) is 6.92 Å². The van der Waals surface area contributed by atoms with Crippen LogP contribution in [-0.4, -0.2) is 20.9 Å². The minimum atomic E-state index is -3.52. The Labute approximate surface area is 159 Å². The van der Waals surface area contributed by atoms with Crippen LogP contribution in [0.4, 0.5) is 5.69 Å². The lowest BCUT2D eigenvalue weighted by atomic mass is 10.2. The van der Waals surface area contributed by atoms with Crippen molar-refractivity contribution in [2.45, 2.75) is 24.7 Å². The van der Waals surface area contributed by atoms with E-state index >= 15 is 0 Å². The van der Waals surface area contributed by atoms with Gasteiger partial charge in [0.15, 0.2) is 0 Å². The van der Waals surface area contributed by atoms with Crippen LogP contribution in [0.1, 0.15) is 25.3 Å². The first-order valence-electron chi connectivity index (χ1n) is 8.25. The maximum atomic E-state index is 12.1. The molecule has 0 atom stereocenters. The average molecular weight is 393 g/mol. The van der Waals surface area contributed by atoms with Gasteiger partial charge in [-0.3, -0.25) is 4.79 Å². The molecule has 7 heteroatoms. The van der Waals surface area contributed by atoms with Crippen LogP contribution in [0.5, 0.6) is 0 Å². The zero-order valence-electron chi connectivity index (χ0n) is 14.4. The minimum absolute atomic E-state index is 0.170. The highest BCUT2D eigenvalue weighted by Crippen LogP contribution is 2.15. The molecule has 2 aromatic carbocycles. The van der Waals surface area contributed by atoms with Crippen molar-refractivity contribution in [1.82, 2.24) is 4.72 Å². The molecule has 26 heavy (non-hydrogen) atoms. The highest BCUT2D eigenvalue weighted by atomic mass is 35.5. The number of rotatable bonds is 8. The van der Waals surface area contributed by atoms with Crippen molar-refractivity contribution >= 4 is 39.3 Å². The number of benzene rings is 2. The third-order valence-corrected chi connectivity index (χ3v) is 5.28. The number of sulfonamides is 1. The van der Waals surface area contributed by atoms with E-state index < -0.39 is 10.0 Å². The Morgan fingerprint density at radius 2 is 1.73 bits per heavy atom. The molecule has 0 aliphatic carbocycles. The van der Waals surface area contributed by atoms with Gasteiger partial charge >= 0.3 is 0 Å². The Kier molecular flexibility index (Phi) is 7.38. The van der Waals surface area contributed by atoms with E-state index in [0.717, 1.165) is 18.4 Å². The number of anilines is 1. The number of hydrogen-bond acceptors (Lipinski definition) is 3. The number of halogens is 1. The molecule has 1 amide bonds. The van der Waals surface area contributed by atoms with Crippen molar-refractivity contribution in [2.75, 3.05) is 11.9 Å². The predicted octanol–water partition coefficient (Wildman–Crippen LogP) is 4.07. The van der Waals surface area contributed by atoms with Crippen LogP contribution in [0.2, 0.25) is 5.02 Å². The Morgan fingerprint density at radius 3 is 2.35 bits per heavy atom. The molecule has 0 spiro atoms. The molecular formula is C19H21ClN2O3S. The molecule has 0 aliphatic heterocycles. The molecule has 0 saturated carbocycles. The molecule has 2 aromatic rings. The van der Waals surface area contributed by atoms with Crippen molar-refractivity contribution in [2.24, 2.45) is 0 Å². The van der Waals surface area contributed by atoms with E-state index in [1.165, 1.54) is 18.2 Å². The lowest BCUT2D eigenvalue weighted by Crippen LogP contribution is -2.24. The summed E-state index contributed by atoms with van der Waals surface area (Å²) in [5.41, 5.74) is 1.37. The first-order valence-corrected chi connectivity index (χ1v) is 10.1. The number of carbonyl (C=O) groups is 1. The first kappa shape index (κ1) is 20.2. The second-order valence-corrected chi connectivity index (χ2v) is 7.85. The summed E-state index contributed by atoms with van der Waals surface area (Å²) in [6, 6.07) is 13.1. The standard InChI is InChI=1S/C19H21ClN2O3S/c1-2-3-14-21-26(24,25)18-11-9-17(10-12-18)22-19(23)13-6-15-4-7-16(20)8-5-15/h4-13,21H,2-3,14H2,1H3,(H,22,23). The molecule has 0 heterocycles. The molecule has 0 aromatic heterocycles. The second kappa shape index (κ2) is 9.52. The summed E-state index contributed by atoms with van der Waals surface area (Å²) >= 11 is 5.81. The molecular weight excluding hydrogens is 372 g/mol. The van der Waals surface area contributed by atoms with Crippen LogP contribution in [0.15, 0.2) is 59.5 Å². The summed E-state index contributed by atoms with van der Waals surface area (Å²) < 4.78 is 26.8. The van der Waals surface area contributed by atoms with Crippen molar-refractivity contribution in [3.05, 3.63) is 65.2 Å². The summed E-state index contributed by atoms with van der Waals surface area (Å²) in [6.07, 6.45) is 4.77. The van der Waals surface area contributed by atoms with Crippen LogP contribution >= 0.6 is 11.6 Å². The van der Waals surface area contributed by atoms with Gasteiger partial charge in [-0.1, -0.05) is 37.1 Å². The zero-order valence-corrected chi connectivity index (χ0v) is 16.0. The van der Waals surface area contributed by atoms with Gasteiger partial charge in [-0.15, -0.1) is 0 Å². The van der Waals surface area contributed by atoms with Crippen molar-refractivity contribution in [1.29, 1.82) is 0 Å². The number of amides is 1. The van der Waals surface area contributed by atoms with Gasteiger partial charge in [0.25, 0.3) is 0 Å². The number of nitrogens with one attached hydrogen (secondary N) is 2. The number of carbonyl (C=O) groups excluding carboxylic acids is 1. The molecule has 0 aliphatic rings. The maximum Gasteiger partial charge on any atom is 0.248 e. The van der Waals surface area contributed by atoms with E-state index in [1.54, 1.807) is 42.5 Å². The first-order chi connectivity index (χ1) is 12.4. The largest absolute Gasteiger partial charge is 0.323 e. The fraction of sp³-hybridized carbons (Fsp3) is 0.211. The SMILES string of the molecule is CCCCNS(=O)(=O)c1ccc(NC(=O)C=Cc2ccc(Cl)cc2)cc1. The van der Waals surface area contributed by atoms with Gasteiger partial charge < -0.3 is 5.32 Å². The molecule has 138 valence electrons. The van der Waals surface area contributed by atoms with Crippen LogP contribution in [-0.2, 0) is 14.8 Å². The van der Waals surface area contributed by atoms with Gasteiger partial charge in [0.2, 0.25) is 15.9 Å². The molecule has 0 unspecified atom stereocenters. The molecule has 0 fully saturated rings. The quantitative estimate of drug-likeness (QED) is 0.525. The normalized spacial score (nSPS) is 11.6. The minimum Gasteiger partial charge on any atom is -0.323 e. The smallest absolute Gasteiger partial charge is 0.248 e. The summed E-state index contributed by atoms with van der Waals surface area (Å²) in [4.78, 5) is 12.1. The summed E-state index contributed by atoms with van der Waals surface area (Å²) in [7, 11) is -3.52. The fourth-order valence-corrected chi connectivity index (χ4v) is 3.31. The summed E-state index contributed by atoms with van der Waals surface area (Å²) in [5.74, 6) is -0.309. The van der Waals surface area contributed by atoms with Crippen LogP contribution < -0.4 is 10.0 Å². The van der Waals surface area contributed by atoms with Gasteiger partial charge in [0, 0.05) is 23.3 Å². The van der Waals surface area contributed by atoms with Gasteiger partial charge in [-0.2, -0.15) is 0 Å². The van der Waals surface area contributed by atoms with Gasteiger partial charge in [-0.05, 0) is 54.5 Å². The van der Waals surface area contributed by atoms with E-state index in [2.05, 4.69) is 10.0 Å². The Hall–Kier alpha value is -2.15. The fourth-order valence-electron chi connectivity index (χ4n) is 2.11. The Bertz CT molecular complexity index is 861. The highest BCUT2D eigenvalue weighted by molar-refractivity contribution is 7.89. The molecule has 2 N–H and O–H groups in total. The van der Waals surface area contributed by atoms with E-state index in [0.29, 0.717) is 17.3 Å². The molecule has 0 bridgehead atoms. The van der Waals surface area contributed by atoms with Gasteiger partial charge in [0.1, 0.15) is 0 Å². The van der Waals surface area contributed by atoms with Crippen molar-refractivity contribution in [3.8, 4) is 0 Å². The molecule has 0 radical (unpaired) electrons. The van der Waals surface area contributed by atoms with Crippen molar-refractivity contribution in [3.63, 3.8) is 0 Å². The van der Waals surface area contributed by atoms with E-state index in [9.17, 15) is 13.2 Å². The second-order valence-electron chi connectivity index (χ2n) is 5.65. The topological polar surface area (TPSA) is 75.3 Å². The van der Waals surface area contributed by atoms with Gasteiger partial charge in [0.05, 0.1) is 4.90 Å². The van der Waals surface area contributed by atoms with Crippen LogP contribution in [0.3, 0.4) is 0 Å². The molecule has 2 rings (SSSR count). The van der Waals surface area contributed by atoms with Gasteiger partial charge in [-0.25, -0.2) is 13.1 Å². The van der Waals surface area contributed by atoms with Crippen LogP contribution in [0, 0.1) is 0 Å². The zero-order chi connectivity index (χ0) is 19.0. The number of unbranched alkanes of at least 4 members (excludes halogenated alkanes) is 1. The third-order valence-electron chi connectivity index (χ3n) is 3.55. The monoisotopic (exact) mass is 392 g/mol. The third kappa shape index (κ3) is 6.29. The lowest BCUT2D eigenvalue weighted by molar-refractivity contribution is -0.111. The van der Waals surface area contributed by atoms with E-state index in [-0.39, 0.29) is 10.8 Å². The highest BCUT2D eigenvalue weighted by Gasteiger charge is 2.12. The Balaban J connectivity index is 1.95. The molecule has 0 saturated heterocycles. The van der Waals surface area contributed by atoms with Crippen LogP contribution in [0.25, 0.3) is 6.08 Å². The molecule has 5 nitrogen and oxygen atoms in total. The Morgan fingerprint density at radius 1 is 1.08 bits per heavy atom. The maximum absolute atomic E-state index is 12.1. The summed E-state index contributed by atoms with van der Waals surface area (Å²) in [5, 5.41) is 3.32. The average Bonchev–Trinajstić information content (AvgIpc) is 2.62. The lowest BCUT2D eigenvalue weighted by Gasteiger charge is -2.07. The predicted molar refractivity (Wildman–Crippen MR) is 106 cm³/mol. The number of hydrogen-bond donors (Lipinski definition) is 2.